The standard InChI is InChI=1S/C20H21BrN2O5S/c1-4-5-6-7-20(24)22-14-8-11-18(28-3)19(13-14)29(25,26)23-15-9-10-17(27-2)16(21)12-15/h4-13,23H,1-3H3,(H,22,24)/b5-4+,7-6+. The van der Waals surface area contributed by atoms with Gasteiger partial charge in [0.2, 0.25) is 5.91 Å². The summed E-state index contributed by atoms with van der Waals surface area (Å²) in [4.78, 5) is 11.8. The summed E-state index contributed by atoms with van der Waals surface area (Å²) in [6.45, 7) is 1.83. The summed E-state index contributed by atoms with van der Waals surface area (Å²) < 4.78 is 39.3. The van der Waals surface area contributed by atoms with Gasteiger partial charge in [-0.25, -0.2) is 8.42 Å². The number of rotatable bonds is 8. The molecule has 0 spiro atoms. The molecule has 0 saturated carbocycles. The van der Waals surface area contributed by atoms with Crippen molar-refractivity contribution >= 4 is 43.2 Å². The summed E-state index contributed by atoms with van der Waals surface area (Å²) in [6, 6.07) is 9.16. The number of sulfonamides is 1. The van der Waals surface area contributed by atoms with Crippen molar-refractivity contribution in [2.24, 2.45) is 0 Å². The molecule has 2 N–H and O–H groups in total. The van der Waals surface area contributed by atoms with E-state index in [1.165, 1.54) is 32.4 Å². The van der Waals surface area contributed by atoms with Gasteiger partial charge in [0.15, 0.2) is 0 Å². The van der Waals surface area contributed by atoms with Crippen molar-refractivity contribution < 1.29 is 22.7 Å². The average Bonchev–Trinajstić information content (AvgIpc) is 2.68. The maximum atomic E-state index is 12.9. The summed E-state index contributed by atoms with van der Waals surface area (Å²) in [7, 11) is -1.10. The van der Waals surface area contributed by atoms with Crippen molar-refractivity contribution in [3.63, 3.8) is 0 Å². The Hall–Kier alpha value is -2.78. The van der Waals surface area contributed by atoms with Gasteiger partial charge in [0.05, 0.1) is 24.4 Å². The highest BCUT2D eigenvalue weighted by Crippen LogP contribution is 2.32. The summed E-state index contributed by atoms with van der Waals surface area (Å²) in [6.07, 6.45) is 6.41. The van der Waals surface area contributed by atoms with E-state index in [1.807, 2.05) is 6.92 Å². The second-order valence-corrected chi connectivity index (χ2v) is 8.20. The highest BCUT2D eigenvalue weighted by molar-refractivity contribution is 9.10. The monoisotopic (exact) mass is 480 g/mol. The molecule has 2 aromatic rings. The number of benzene rings is 2. The topological polar surface area (TPSA) is 93.7 Å². The summed E-state index contributed by atoms with van der Waals surface area (Å²) in [5, 5.41) is 2.62. The number of ether oxygens (including phenoxy) is 2. The molecule has 7 nitrogen and oxygen atoms in total. The first kappa shape index (κ1) is 22.5. The number of allylic oxidation sites excluding steroid dienone is 3. The van der Waals surface area contributed by atoms with Crippen LogP contribution in [0.3, 0.4) is 0 Å². The van der Waals surface area contributed by atoms with E-state index in [1.54, 1.807) is 42.5 Å². The Kier molecular flexibility index (Phi) is 7.86. The lowest BCUT2D eigenvalue weighted by Crippen LogP contribution is -2.15. The number of hydrogen-bond acceptors (Lipinski definition) is 5. The van der Waals surface area contributed by atoms with Crippen LogP contribution in [-0.4, -0.2) is 28.5 Å². The molecule has 0 atom stereocenters. The maximum absolute atomic E-state index is 12.9. The third kappa shape index (κ3) is 6.10. The van der Waals surface area contributed by atoms with Gasteiger partial charge in [-0.2, -0.15) is 0 Å². The Morgan fingerprint density at radius 2 is 1.66 bits per heavy atom. The van der Waals surface area contributed by atoms with Gasteiger partial charge < -0.3 is 14.8 Å². The minimum absolute atomic E-state index is 0.109. The molecule has 0 radical (unpaired) electrons. The van der Waals surface area contributed by atoms with Crippen LogP contribution < -0.4 is 19.5 Å². The van der Waals surface area contributed by atoms with Crippen LogP contribution in [0, 0.1) is 0 Å². The number of nitrogens with one attached hydrogen (secondary N) is 2. The molecular weight excluding hydrogens is 460 g/mol. The lowest BCUT2D eigenvalue weighted by atomic mass is 10.3. The molecule has 154 valence electrons. The van der Waals surface area contributed by atoms with Crippen molar-refractivity contribution in [3.8, 4) is 11.5 Å². The molecule has 0 heterocycles. The van der Waals surface area contributed by atoms with Crippen LogP contribution in [0.4, 0.5) is 11.4 Å². The molecule has 0 bridgehead atoms. The maximum Gasteiger partial charge on any atom is 0.265 e. The van der Waals surface area contributed by atoms with E-state index in [0.29, 0.717) is 21.6 Å². The molecule has 0 fully saturated rings. The van der Waals surface area contributed by atoms with E-state index in [9.17, 15) is 13.2 Å². The Bertz CT molecular complexity index is 1050. The van der Waals surface area contributed by atoms with E-state index in [4.69, 9.17) is 9.47 Å². The zero-order chi connectivity index (χ0) is 21.4. The van der Waals surface area contributed by atoms with E-state index in [-0.39, 0.29) is 16.6 Å². The van der Waals surface area contributed by atoms with Crippen LogP contribution in [0.15, 0.2) is 70.1 Å². The van der Waals surface area contributed by atoms with Crippen LogP contribution in [0.1, 0.15) is 6.92 Å². The molecule has 0 aliphatic rings. The fraction of sp³-hybridized carbons (Fsp3) is 0.150. The highest BCUT2D eigenvalue weighted by atomic mass is 79.9. The highest BCUT2D eigenvalue weighted by Gasteiger charge is 2.21. The zero-order valence-corrected chi connectivity index (χ0v) is 18.5. The van der Waals surface area contributed by atoms with E-state index < -0.39 is 10.0 Å². The van der Waals surface area contributed by atoms with Gasteiger partial charge in [-0.05, 0) is 59.3 Å². The lowest BCUT2D eigenvalue weighted by Gasteiger charge is -2.14. The Balaban J connectivity index is 2.33. The van der Waals surface area contributed by atoms with E-state index in [2.05, 4.69) is 26.0 Å². The number of anilines is 2. The van der Waals surface area contributed by atoms with Crippen LogP contribution in [0.25, 0.3) is 0 Å². The van der Waals surface area contributed by atoms with Crippen molar-refractivity contribution in [1.82, 2.24) is 0 Å². The van der Waals surface area contributed by atoms with Crippen LogP contribution in [0.5, 0.6) is 11.5 Å². The predicted octanol–water partition coefficient (Wildman–Crippen LogP) is 4.34. The molecule has 0 aliphatic carbocycles. The molecule has 0 aromatic heterocycles. The number of amides is 1. The average molecular weight is 481 g/mol. The fourth-order valence-corrected chi connectivity index (χ4v) is 4.13. The first-order valence-electron chi connectivity index (χ1n) is 8.45. The van der Waals surface area contributed by atoms with Crippen molar-refractivity contribution in [1.29, 1.82) is 0 Å². The summed E-state index contributed by atoms with van der Waals surface area (Å²) >= 11 is 3.32. The first-order chi connectivity index (χ1) is 13.8. The number of halogens is 1. The molecule has 9 heteroatoms. The van der Waals surface area contributed by atoms with Gasteiger partial charge in [0.1, 0.15) is 16.4 Å². The second-order valence-electron chi connectivity index (χ2n) is 5.69. The smallest absolute Gasteiger partial charge is 0.265 e. The molecular formula is C20H21BrN2O5S. The number of carbonyl (C=O) groups excluding carboxylic acids is 1. The SMILES string of the molecule is C/C=C/C=C/C(=O)Nc1ccc(OC)c(S(=O)(=O)Nc2ccc(OC)c(Br)c2)c1. The first-order valence-corrected chi connectivity index (χ1v) is 10.7. The molecule has 2 rings (SSSR count). The number of carbonyl (C=O) groups is 1. The molecule has 29 heavy (non-hydrogen) atoms. The molecule has 1 amide bonds. The fourth-order valence-electron chi connectivity index (χ4n) is 2.34. The molecule has 2 aromatic carbocycles. The number of hydrogen-bond donors (Lipinski definition) is 2. The van der Waals surface area contributed by atoms with Crippen molar-refractivity contribution in [3.05, 3.63) is 65.2 Å². The molecule has 0 unspecified atom stereocenters. The Labute approximate surface area is 178 Å². The quantitative estimate of drug-likeness (QED) is 0.432. The second kappa shape index (κ2) is 10.1. The van der Waals surface area contributed by atoms with Gasteiger partial charge in [-0.1, -0.05) is 18.2 Å². The third-order valence-electron chi connectivity index (χ3n) is 3.68. The zero-order valence-electron chi connectivity index (χ0n) is 16.1. The predicted molar refractivity (Wildman–Crippen MR) is 117 cm³/mol. The van der Waals surface area contributed by atoms with Crippen molar-refractivity contribution in [2.75, 3.05) is 24.3 Å². The normalized spacial score (nSPS) is 11.6. The van der Waals surface area contributed by atoms with Gasteiger partial charge in [0, 0.05) is 11.8 Å². The third-order valence-corrected chi connectivity index (χ3v) is 5.70. The largest absolute Gasteiger partial charge is 0.496 e. The Morgan fingerprint density at radius 1 is 1.00 bits per heavy atom. The van der Waals surface area contributed by atoms with Crippen LogP contribution >= 0.6 is 15.9 Å². The number of methoxy groups -OCH3 is 2. The molecule has 0 aliphatic heterocycles. The van der Waals surface area contributed by atoms with Crippen molar-refractivity contribution in [2.45, 2.75) is 11.8 Å². The lowest BCUT2D eigenvalue weighted by molar-refractivity contribution is -0.111. The van der Waals surface area contributed by atoms with E-state index >= 15 is 0 Å². The Morgan fingerprint density at radius 3 is 2.28 bits per heavy atom. The summed E-state index contributed by atoms with van der Waals surface area (Å²) in [5.41, 5.74) is 0.653. The van der Waals surface area contributed by atoms with Crippen LogP contribution in [-0.2, 0) is 14.8 Å². The van der Waals surface area contributed by atoms with Crippen LogP contribution in [0.2, 0.25) is 0 Å². The van der Waals surface area contributed by atoms with E-state index in [0.717, 1.165) is 0 Å². The van der Waals surface area contributed by atoms with Gasteiger partial charge in [0.25, 0.3) is 10.0 Å². The minimum atomic E-state index is -3.99. The minimum Gasteiger partial charge on any atom is -0.496 e. The summed E-state index contributed by atoms with van der Waals surface area (Å²) in [5.74, 6) is 0.331. The molecule has 0 saturated heterocycles. The van der Waals surface area contributed by atoms with Gasteiger partial charge in [-0.15, -0.1) is 0 Å². The van der Waals surface area contributed by atoms with Gasteiger partial charge >= 0.3 is 0 Å². The van der Waals surface area contributed by atoms with Gasteiger partial charge in [-0.3, -0.25) is 9.52 Å².